The van der Waals surface area contributed by atoms with Gasteiger partial charge in [0.2, 0.25) is 5.91 Å². The van der Waals surface area contributed by atoms with Gasteiger partial charge in [-0.25, -0.2) is 0 Å². The number of amides is 1. The average molecular weight is 274 g/mol. The molecule has 0 aromatic carbocycles. The second-order valence-electron chi connectivity index (χ2n) is 4.44. The Hall–Kier alpha value is -2.37. The van der Waals surface area contributed by atoms with Gasteiger partial charge < -0.3 is 10.1 Å². The van der Waals surface area contributed by atoms with E-state index >= 15 is 0 Å². The Labute approximate surface area is 117 Å². The van der Waals surface area contributed by atoms with E-state index in [-0.39, 0.29) is 12.0 Å². The normalized spacial score (nSPS) is 11.8. The van der Waals surface area contributed by atoms with Gasteiger partial charge in [-0.1, -0.05) is 0 Å². The summed E-state index contributed by atoms with van der Waals surface area (Å²) in [5.41, 5.74) is 0. The molecule has 6 nitrogen and oxygen atoms in total. The lowest BCUT2D eigenvalue weighted by atomic mass is 10.3. The molecule has 0 aliphatic rings. The Balaban J connectivity index is 1.65. The van der Waals surface area contributed by atoms with Crippen LogP contribution in [0.2, 0.25) is 0 Å². The van der Waals surface area contributed by atoms with Crippen LogP contribution in [-0.2, 0) is 11.3 Å². The SMILES string of the molecule is CC(CNC(=O)CCn1cccn1)Oc1cccnc1. The molecule has 20 heavy (non-hydrogen) atoms. The van der Waals surface area contributed by atoms with Crippen LogP contribution in [0.5, 0.6) is 5.75 Å². The van der Waals surface area contributed by atoms with Crippen molar-refractivity contribution in [2.75, 3.05) is 6.54 Å². The van der Waals surface area contributed by atoms with E-state index in [9.17, 15) is 4.79 Å². The summed E-state index contributed by atoms with van der Waals surface area (Å²) in [5, 5.41) is 6.88. The number of ether oxygens (including phenoxy) is 1. The molecule has 0 bridgehead atoms. The fraction of sp³-hybridized carbons (Fsp3) is 0.357. The number of hydrogen-bond donors (Lipinski definition) is 1. The van der Waals surface area contributed by atoms with Gasteiger partial charge in [0.25, 0.3) is 0 Å². The van der Waals surface area contributed by atoms with Crippen molar-refractivity contribution in [3.05, 3.63) is 43.0 Å². The van der Waals surface area contributed by atoms with Gasteiger partial charge >= 0.3 is 0 Å². The summed E-state index contributed by atoms with van der Waals surface area (Å²) in [6, 6.07) is 5.48. The highest BCUT2D eigenvalue weighted by molar-refractivity contribution is 5.75. The number of rotatable bonds is 7. The van der Waals surface area contributed by atoms with Crippen LogP contribution in [0.15, 0.2) is 43.0 Å². The van der Waals surface area contributed by atoms with Crippen molar-refractivity contribution in [1.82, 2.24) is 20.1 Å². The lowest BCUT2D eigenvalue weighted by Crippen LogP contribution is -2.34. The number of pyridine rings is 1. The van der Waals surface area contributed by atoms with Crippen LogP contribution in [0, 0.1) is 0 Å². The highest BCUT2D eigenvalue weighted by Gasteiger charge is 2.07. The standard InChI is InChI=1S/C14H18N4O2/c1-12(20-13-4-2-6-15-11-13)10-16-14(19)5-9-18-8-3-7-17-18/h2-4,6-8,11-12H,5,9-10H2,1H3,(H,16,19). The third kappa shape index (κ3) is 4.72. The zero-order valence-electron chi connectivity index (χ0n) is 11.4. The molecule has 2 aromatic heterocycles. The first-order valence-corrected chi connectivity index (χ1v) is 6.55. The van der Waals surface area contributed by atoms with Crippen LogP contribution in [-0.4, -0.2) is 33.3 Å². The molecule has 1 amide bonds. The van der Waals surface area contributed by atoms with Crippen LogP contribution in [0.1, 0.15) is 13.3 Å². The van der Waals surface area contributed by atoms with Crippen molar-refractivity contribution in [3.63, 3.8) is 0 Å². The third-order valence-electron chi connectivity index (χ3n) is 2.69. The molecule has 0 aliphatic carbocycles. The molecule has 2 heterocycles. The molecule has 1 atom stereocenters. The molecule has 0 fully saturated rings. The summed E-state index contributed by atoms with van der Waals surface area (Å²) < 4.78 is 7.35. The van der Waals surface area contributed by atoms with Crippen molar-refractivity contribution in [2.24, 2.45) is 0 Å². The maximum Gasteiger partial charge on any atom is 0.221 e. The van der Waals surface area contributed by atoms with Crippen LogP contribution >= 0.6 is 0 Å². The van der Waals surface area contributed by atoms with Gasteiger partial charge in [0.05, 0.1) is 12.7 Å². The van der Waals surface area contributed by atoms with E-state index in [1.54, 1.807) is 23.3 Å². The van der Waals surface area contributed by atoms with Crippen molar-refractivity contribution in [3.8, 4) is 5.75 Å². The van der Waals surface area contributed by atoms with E-state index in [0.717, 1.165) is 0 Å². The largest absolute Gasteiger partial charge is 0.487 e. The van der Waals surface area contributed by atoms with Gasteiger partial charge in [-0.3, -0.25) is 14.5 Å². The fourth-order valence-electron chi connectivity index (χ4n) is 1.69. The van der Waals surface area contributed by atoms with Gasteiger partial charge in [-0.05, 0) is 25.1 Å². The Kier molecular flexibility index (Phi) is 5.11. The fourth-order valence-corrected chi connectivity index (χ4v) is 1.69. The molecule has 1 unspecified atom stereocenters. The van der Waals surface area contributed by atoms with Gasteiger partial charge in [0.1, 0.15) is 11.9 Å². The minimum Gasteiger partial charge on any atom is -0.487 e. The van der Waals surface area contributed by atoms with Crippen LogP contribution < -0.4 is 10.1 Å². The molecule has 0 aliphatic heterocycles. The van der Waals surface area contributed by atoms with Crippen molar-refractivity contribution in [2.45, 2.75) is 26.0 Å². The van der Waals surface area contributed by atoms with Crippen LogP contribution in [0.3, 0.4) is 0 Å². The lowest BCUT2D eigenvalue weighted by molar-refractivity contribution is -0.121. The number of carbonyl (C=O) groups excluding carboxylic acids is 1. The first-order chi connectivity index (χ1) is 9.74. The average Bonchev–Trinajstić information content (AvgIpc) is 2.97. The monoisotopic (exact) mass is 274 g/mol. The third-order valence-corrected chi connectivity index (χ3v) is 2.69. The summed E-state index contributed by atoms with van der Waals surface area (Å²) in [6.07, 6.45) is 7.17. The van der Waals surface area contributed by atoms with E-state index in [1.165, 1.54) is 0 Å². The van der Waals surface area contributed by atoms with E-state index in [4.69, 9.17) is 4.74 Å². The minimum absolute atomic E-state index is 0.0119. The molecule has 0 radical (unpaired) electrons. The van der Waals surface area contributed by atoms with Crippen LogP contribution in [0.4, 0.5) is 0 Å². The number of nitrogens with one attached hydrogen (secondary N) is 1. The molecule has 0 saturated heterocycles. The molecule has 1 N–H and O–H groups in total. The van der Waals surface area contributed by atoms with Gasteiger partial charge in [0, 0.05) is 31.6 Å². The topological polar surface area (TPSA) is 69.0 Å². The van der Waals surface area contributed by atoms with Crippen molar-refractivity contribution >= 4 is 5.91 Å². The molecule has 106 valence electrons. The quantitative estimate of drug-likeness (QED) is 0.825. The summed E-state index contributed by atoms with van der Waals surface area (Å²) in [7, 11) is 0. The number of carbonyl (C=O) groups is 1. The number of aromatic nitrogens is 3. The van der Waals surface area contributed by atoms with Gasteiger partial charge in [-0.15, -0.1) is 0 Å². The van der Waals surface area contributed by atoms with Crippen LogP contribution in [0.25, 0.3) is 0 Å². The first kappa shape index (κ1) is 14.0. The number of aryl methyl sites for hydroxylation is 1. The summed E-state index contributed by atoms with van der Waals surface area (Å²) in [6.45, 7) is 2.95. The maximum absolute atomic E-state index is 11.7. The Morgan fingerprint density at radius 2 is 2.35 bits per heavy atom. The zero-order chi connectivity index (χ0) is 14.2. The Morgan fingerprint density at radius 1 is 1.45 bits per heavy atom. The zero-order valence-corrected chi connectivity index (χ0v) is 11.4. The number of hydrogen-bond acceptors (Lipinski definition) is 4. The molecule has 0 spiro atoms. The van der Waals surface area contributed by atoms with Crippen molar-refractivity contribution in [1.29, 1.82) is 0 Å². The second-order valence-corrected chi connectivity index (χ2v) is 4.44. The van der Waals surface area contributed by atoms with Crippen molar-refractivity contribution < 1.29 is 9.53 Å². The highest BCUT2D eigenvalue weighted by atomic mass is 16.5. The Morgan fingerprint density at radius 3 is 3.05 bits per heavy atom. The molecule has 6 heteroatoms. The summed E-state index contributed by atoms with van der Waals surface area (Å²) >= 11 is 0. The molecule has 2 rings (SSSR count). The molecular weight excluding hydrogens is 256 g/mol. The van der Waals surface area contributed by atoms with E-state index in [0.29, 0.717) is 25.3 Å². The summed E-state index contributed by atoms with van der Waals surface area (Å²) in [4.78, 5) is 15.6. The van der Waals surface area contributed by atoms with E-state index < -0.39 is 0 Å². The van der Waals surface area contributed by atoms with E-state index in [2.05, 4.69) is 15.4 Å². The minimum atomic E-state index is -0.104. The van der Waals surface area contributed by atoms with E-state index in [1.807, 2.05) is 31.3 Å². The maximum atomic E-state index is 11.7. The molecular formula is C14H18N4O2. The predicted octanol–water partition coefficient (Wildman–Crippen LogP) is 1.25. The second kappa shape index (κ2) is 7.28. The molecule has 0 saturated carbocycles. The number of nitrogens with zero attached hydrogens (tertiary/aromatic N) is 3. The highest BCUT2D eigenvalue weighted by Crippen LogP contribution is 2.08. The molecule has 2 aromatic rings. The Bertz CT molecular complexity index is 513. The lowest BCUT2D eigenvalue weighted by Gasteiger charge is -2.15. The predicted molar refractivity (Wildman–Crippen MR) is 74.2 cm³/mol. The van der Waals surface area contributed by atoms with Gasteiger partial charge in [0.15, 0.2) is 0 Å². The van der Waals surface area contributed by atoms with Gasteiger partial charge in [-0.2, -0.15) is 5.10 Å². The smallest absolute Gasteiger partial charge is 0.221 e. The first-order valence-electron chi connectivity index (χ1n) is 6.55. The summed E-state index contributed by atoms with van der Waals surface area (Å²) in [5.74, 6) is 0.688.